The highest BCUT2D eigenvalue weighted by molar-refractivity contribution is 7.99. The standard InChI is InChI=1S/C19H24N6O4S/c20-19(24-11-5-10-3-1-2-4-13(10)30-7-11)16-17(21-8-23-19)25(9-22-16)18-15(28)14(27)12(6-26)29-18/h1-4,8-9,11-12,14-15,18,24,26-28H,5-7,20H2,(H,21,23)/t11?,12-,14-,15-,18-,19?/m1/s1. The van der Waals surface area contributed by atoms with Gasteiger partial charge in [0.1, 0.15) is 29.8 Å². The molecule has 2 aromatic rings. The van der Waals surface area contributed by atoms with Crippen molar-refractivity contribution >= 4 is 23.9 Å². The van der Waals surface area contributed by atoms with Crippen LogP contribution in [0.4, 0.5) is 5.82 Å². The van der Waals surface area contributed by atoms with E-state index in [4.69, 9.17) is 10.5 Å². The van der Waals surface area contributed by atoms with Crippen molar-refractivity contribution in [2.45, 2.75) is 47.7 Å². The van der Waals surface area contributed by atoms with Gasteiger partial charge in [0.05, 0.1) is 19.3 Å². The topological polar surface area (TPSA) is 150 Å². The minimum absolute atomic E-state index is 0.0945. The molecule has 0 saturated carbocycles. The van der Waals surface area contributed by atoms with Crippen molar-refractivity contribution in [1.82, 2.24) is 14.9 Å². The molecule has 1 aromatic carbocycles. The summed E-state index contributed by atoms with van der Waals surface area (Å²) in [6.45, 7) is -0.399. The van der Waals surface area contributed by atoms with Crippen molar-refractivity contribution in [3.05, 3.63) is 41.9 Å². The molecule has 1 fully saturated rings. The van der Waals surface area contributed by atoms with Gasteiger partial charge in [-0.2, -0.15) is 0 Å². The molecule has 10 nitrogen and oxygen atoms in total. The summed E-state index contributed by atoms with van der Waals surface area (Å²) in [5.74, 6) is 0.116. The lowest BCUT2D eigenvalue weighted by atomic mass is 10.0. The normalized spacial score (nSPS) is 35.0. The van der Waals surface area contributed by atoms with Gasteiger partial charge in [0.2, 0.25) is 5.79 Å². The smallest absolute Gasteiger partial charge is 0.211 e. The van der Waals surface area contributed by atoms with Crippen LogP contribution in [0.15, 0.2) is 40.5 Å². The minimum Gasteiger partial charge on any atom is -0.394 e. The van der Waals surface area contributed by atoms with Gasteiger partial charge in [-0.3, -0.25) is 15.6 Å². The molecule has 0 bridgehead atoms. The van der Waals surface area contributed by atoms with Crippen LogP contribution >= 0.6 is 11.8 Å². The number of nitrogens with one attached hydrogen (secondary N) is 2. The summed E-state index contributed by atoms with van der Waals surface area (Å²) in [4.78, 5) is 10.1. The van der Waals surface area contributed by atoms with Crippen molar-refractivity contribution in [3.63, 3.8) is 0 Å². The number of hydrogen-bond acceptors (Lipinski definition) is 10. The molecular weight excluding hydrogens is 408 g/mol. The van der Waals surface area contributed by atoms with Crippen molar-refractivity contribution < 1.29 is 20.1 Å². The van der Waals surface area contributed by atoms with Crippen LogP contribution in [-0.2, 0) is 16.9 Å². The molecule has 0 spiro atoms. The van der Waals surface area contributed by atoms with Crippen LogP contribution in [0.1, 0.15) is 17.5 Å². The molecule has 7 N–H and O–H groups in total. The molecule has 4 heterocycles. The third-order valence-electron chi connectivity index (χ3n) is 5.72. The predicted octanol–water partition coefficient (Wildman–Crippen LogP) is -0.676. The van der Waals surface area contributed by atoms with Gasteiger partial charge in [-0.15, -0.1) is 11.8 Å². The van der Waals surface area contributed by atoms with E-state index in [0.29, 0.717) is 11.5 Å². The molecule has 1 aromatic heterocycles. The SMILES string of the molecule is NC1(NC2CSc3ccccc3C2)N=CNc2c1ncn2[C@@H]1O[C@H](CO)[C@@H](O)[C@H]1O. The van der Waals surface area contributed by atoms with Gasteiger partial charge in [-0.25, -0.2) is 9.98 Å². The summed E-state index contributed by atoms with van der Waals surface area (Å²) in [7, 11) is 0. The summed E-state index contributed by atoms with van der Waals surface area (Å²) < 4.78 is 7.19. The maximum absolute atomic E-state index is 10.4. The van der Waals surface area contributed by atoms with Crippen LogP contribution in [0.2, 0.25) is 0 Å². The molecule has 5 rings (SSSR count). The van der Waals surface area contributed by atoms with E-state index >= 15 is 0 Å². The second-order valence-electron chi connectivity index (χ2n) is 7.71. The van der Waals surface area contributed by atoms with Crippen LogP contribution in [0.3, 0.4) is 0 Å². The van der Waals surface area contributed by atoms with Gasteiger partial charge in [-0.1, -0.05) is 18.2 Å². The van der Waals surface area contributed by atoms with E-state index in [-0.39, 0.29) is 6.04 Å². The quantitative estimate of drug-likeness (QED) is 0.346. The summed E-state index contributed by atoms with van der Waals surface area (Å²) >= 11 is 1.78. The third kappa shape index (κ3) is 3.23. The van der Waals surface area contributed by atoms with Gasteiger partial charge >= 0.3 is 0 Å². The Morgan fingerprint density at radius 1 is 1.33 bits per heavy atom. The molecule has 11 heteroatoms. The number of fused-ring (bicyclic) bond motifs is 2. The monoisotopic (exact) mass is 432 g/mol. The Bertz CT molecular complexity index is 970. The Morgan fingerprint density at radius 3 is 2.97 bits per heavy atom. The van der Waals surface area contributed by atoms with Gasteiger partial charge in [0.25, 0.3) is 0 Å². The molecule has 0 radical (unpaired) electrons. The fourth-order valence-electron chi connectivity index (χ4n) is 4.18. The zero-order valence-corrected chi connectivity index (χ0v) is 16.9. The number of thioether (sulfide) groups is 1. The van der Waals surface area contributed by atoms with E-state index in [1.807, 2.05) is 12.1 Å². The summed E-state index contributed by atoms with van der Waals surface area (Å²) in [6.07, 6.45) is -0.396. The number of anilines is 1. The molecule has 1 saturated heterocycles. The second-order valence-corrected chi connectivity index (χ2v) is 8.77. The lowest BCUT2D eigenvalue weighted by Crippen LogP contribution is -2.56. The highest BCUT2D eigenvalue weighted by Gasteiger charge is 2.46. The highest BCUT2D eigenvalue weighted by Crippen LogP contribution is 2.37. The first kappa shape index (κ1) is 19.9. The molecular formula is C19H24N6O4S. The van der Waals surface area contributed by atoms with Crippen molar-refractivity contribution in [2.24, 2.45) is 10.7 Å². The molecule has 3 aliphatic rings. The van der Waals surface area contributed by atoms with Crippen LogP contribution < -0.4 is 16.4 Å². The first-order valence-electron chi connectivity index (χ1n) is 9.77. The molecule has 0 amide bonds. The van der Waals surface area contributed by atoms with E-state index in [1.165, 1.54) is 23.1 Å². The number of hydrogen-bond donors (Lipinski definition) is 6. The maximum Gasteiger partial charge on any atom is 0.211 e. The van der Waals surface area contributed by atoms with Crippen LogP contribution in [-0.4, -0.2) is 67.9 Å². The van der Waals surface area contributed by atoms with E-state index in [1.54, 1.807) is 16.3 Å². The van der Waals surface area contributed by atoms with Gasteiger partial charge in [-0.05, 0) is 18.1 Å². The minimum atomic E-state index is -1.25. The number of nitrogens with two attached hydrogens (primary N) is 1. The van der Waals surface area contributed by atoms with E-state index in [9.17, 15) is 15.3 Å². The first-order chi connectivity index (χ1) is 14.5. The number of benzene rings is 1. The second kappa shape index (κ2) is 7.61. The first-order valence-corrected chi connectivity index (χ1v) is 10.8. The number of imidazole rings is 1. The number of aliphatic hydroxyl groups is 3. The summed E-state index contributed by atoms with van der Waals surface area (Å²) in [6, 6.07) is 8.41. The highest BCUT2D eigenvalue weighted by atomic mass is 32.2. The van der Waals surface area contributed by atoms with Crippen molar-refractivity contribution in [2.75, 3.05) is 17.7 Å². The van der Waals surface area contributed by atoms with Crippen LogP contribution in [0, 0.1) is 0 Å². The molecule has 160 valence electrons. The Hall–Kier alpha value is -1.99. The van der Waals surface area contributed by atoms with Crippen molar-refractivity contribution in [3.8, 4) is 0 Å². The average molecular weight is 433 g/mol. The molecule has 2 unspecified atom stereocenters. The van der Waals surface area contributed by atoms with Crippen LogP contribution in [0.25, 0.3) is 0 Å². The maximum atomic E-state index is 10.4. The zero-order chi connectivity index (χ0) is 20.9. The lowest BCUT2D eigenvalue weighted by molar-refractivity contribution is -0.0518. The largest absolute Gasteiger partial charge is 0.394 e. The fraction of sp³-hybridized carbons (Fsp3) is 0.474. The average Bonchev–Trinajstić information content (AvgIpc) is 3.30. The molecule has 0 aliphatic carbocycles. The number of aromatic nitrogens is 2. The lowest BCUT2D eigenvalue weighted by Gasteiger charge is -2.35. The number of aliphatic imine (C=N–C) groups is 1. The molecule has 30 heavy (non-hydrogen) atoms. The Morgan fingerprint density at radius 2 is 2.17 bits per heavy atom. The Balaban J connectivity index is 1.39. The Labute approximate surface area is 177 Å². The van der Waals surface area contributed by atoms with Gasteiger partial charge < -0.3 is 25.4 Å². The van der Waals surface area contributed by atoms with E-state index in [2.05, 4.69) is 32.7 Å². The Kier molecular flexibility index (Phi) is 5.06. The molecule has 6 atom stereocenters. The van der Waals surface area contributed by atoms with Gasteiger partial charge in [0, 0.05) is 16.7 Å². The number of aliphatic hydroxyl groups excluding tert-OH is 3. The van der Waals surface area contributed by atoms with Gasteiger partial charge in [0.15, 0.2) is 6.23 Å². The number of ether oxygens (including phenoxy) is 1. The van der Waals surface area contributed by atoms with E-state index in [0.717, 1.165) is 12.2 Å². The van der Waals surface area contributed by atoms with E-state index < -0.39 is 36.9 Å². The third-order valence-corrected chi connectivity index (χ3v) is 7.00. The van der Waals surface area contributed by atoms with Crippen LogP contribution in [0.5, 0.6) is 0 Å². The zero-order valence-electron chi connectivity index (χ0n) is 16.0. The fourth-order valence-corrected chi connectivity index (χ4v) is 5.27. The number of nitrogens with zero attached hydrogens (tertiary/aromatic N) is 3. The number of rotatable bonds is 4. The van der Waals surface area contributed by atoms with Crippen molar-refractivity contribution in [1.29, 1.82) is 0 Å². The predicted molar refractivity (Wildman–Crippen MR) is 111 cm³/mol. The summed E-state index contributed by atoms with van der Waals surface area (Å²) in [5, 5.41) is 36.2. The molecule has 3 aliphatic heterocycles. The summed E-state index contributed by atoms with van der Waals surface area (Å²) in [5.41, 5.74) is 8.36.